The molecule has 0 aliphatic heterocycles. The van der Waals surface area contributed by atoms with Gasteiger partial charge < -0.3 is 15.0 Å². The molecule has 0 unspecified atom stereocenters. The van der Waals surface area contributed by atoms with Crippen molar-refractivity contribution in [3.8, 4) is 11.5 Å². The fraction of sp³-hybridized carbons (Fsp3) is 0.125. The first kappa shape index (κ1) is 7.60. The highest BCUT2D eigenvalue weighted by Crippen LogP contribution is 2.24. The Hall–Kier alpha value is -1.51. The maximum atomic E-state index is 10.0. The van der Waals surface area contributed by atoms with E-state index in [1.807, 2.05) is 0 Å². The lowest BCUT2D eigenvalue weighted by Crippen LogP contribution is -1.84. The van der Waals surface area contributed by atoms with Crippen LogP contribution in [0.5, 0.6) is 11.5 Å². The minimum Gasteiger partial charge on any atom is -0.504 e. The van der Waals surface area contributed by atoms with Gasteiger partial charge in [-0.1, -0.05) is 6.07 Å². The van der Waals surface area contributed by atoms with Crippen LogP contribution in [0.4, 0.5) is 0 Å². The second-order valence-corrected chi connectivity index (χ2v) is 2.19. The number of carbonyl (C=O) groups excluding carboxylic acids is 1. The third-order valence-corrected chi connectivity index (χ3v) is 1.36. The molecule has 0 aliphatic rings. The van der Waals surface area contributed by atoms with Crippen LogP contribution in [-0.4, -0.2) is 16.5 Å². The maximum absolute atomic E-state index is 10.0. The van der Waals surface area contributed by atoms with E-state index in [2.05, 4.69) is 0 Å². The third-order valence-electron chi connectivity index (χ3n) is 1.36. The summed E-state index contributed by atoms with van der Waals surface area (Å²) in [7, 11) is 0. The number of carbonyl (C=O) groups is 1. The standard InChI is InChI=1S/C8H8O3/c9-4-3-6-1-2-7(10)8(11)5-6/h1-2,4-5,10-11H,3H2. The summed E-state index contributed by atoms with van der Waals surface area (Å²) < 4.78 is 0. The molecule has 3 nitrogen and oxygen atoms in total. The van der Waals surface area contributed by atoms with Crippen LogP contribution in [0.25, 0.3) is 0 Å². The molecule has 2 N–H and O–H groups in total. The summed E-state index contributed by atoms with van der Waals surface area (Å²) in [5.74, 6) is -0.357. The fourth-order valence-electron chi connectivity index (χ4n) is 0.792. The molecule has 0 heterocycles. The van der Waals surface area contributed by atoms with Crippen LogP contribution in [0, 0.1) is 0 Å². The average molecular weight is 152 g/mol. The fourth-order valence-corrected chi connectivity index (χ4v) is 0.792. The molecule has 1 rings (SSSR count). The van der Waals surface area contributed by atoms with E-state index in [0.717, 1.165) is 6.29 Å². The summed E-state index contributed by atoms with van der Waals surface area (Å²) in [5, 5.41) is 17.8. The summed E-state index contributed by atoms with van der Waals surface area (Å²) in [6.07, 6.45) is 1.000. The quantitative estimate of drug-likeness (QED) is 0.487. The predicted octanol–water partition coefficient (Wildman–Crippen LogP) is 0.839. The number of aromatic hydroxyl groups is 2. The summed E-state index contributed by atoms with van der Waals surface area (Å²) >= 11 is 0. The Labute approximate surface area is 63.9 Å². The molecule has 11 heavy (non-hydrogen) atoms. The lowest BCUT2D eigenvalue weighted by molar-refractivity contribution is -0.107. The highest BCUT2D eigenvalue weighted by Gasteiger charge is 1.98. The summed E-state index contributed by atoms with van der Waals surface area (Å²) in [4.78, 5) is 10.0. The minimum absolute atomic E-state index is 0.167. The van der Waals surface area contributed by atoms with Crippen molar-refractivity contribution in [3.63, 3.8) is 0 Å². The van der Waals surface area contributed by atoms with Crippen LogP contribution < -0.4 is 0 Å². The molecular weight excluding hydrogens is 144 g/mol. The smallest absolute Gasteiger partial charge is 0.157 e. The highest BCUT2D eigenvalue weighted by atomic mass is 16.3. The molecule has 0 bridgehead atoms. The number of aldehydes is 1. The van der Waals surface area contributed by atoms with E-state index in [-0.39, 0.29) is 17.9 Å². The number of phenols is 2. The van der Waals surface area contributed by atoms with Crippen molar-refractivity contribution in [2.24, 2.45) is 0 Å². The normalized spacial score (nSPS) is 9.45. The SMILES string of the molecule is O=CCc1ccc(O)c(O)c1. The summed E-state index contributed by atoms with van der Waals surface area (Å²) in [6, 6.07) is 4.31. The molecule has 0 amide bonds. The van der Waals surface area contributed by atoms with Crippen LogP contribution in [0.3, 0.4) is 0 Å². The van der Waals surface area contributed by atoms with Gasteiger partial charge in [-0.2, -0.15) is 0 Å². The molecular formula is C8H8O3. The van der Waals surface area contributed by atoms with Gasteiger partial charge in [-0.05, 0) is 17.7 Å². The van der Waals surface area contributed by atoms with Crippen LogP contribution >= 0.6 is 0 Å². The highest BCUT2D eigenvalue weighted by molar-refractivity contribution is 5.56. The van der Waals surface area contributed by atoms with Crippen LogP contribution in [0.2, 0.25) is 0 Å². The van der Waals surface area contributed by atoms with Gasteiger partial charge in [-0.3, -0.25) is 0 Å². The van der Waals surface area contributed by atoms with Gasteiger partial charge in [0.15, 0.2) is 11.5 Å². The second-order valence-electron chi connectivity index (χ2n) is 2.19. The van der Waals surface area contributed by atoms with Gasteiger partial charge >= 0.3 is 0 Å². The zero-order valence-corrected chi connectivity index (χ0v) is 5.82. The molecule has 1 aromatic rings. The average Bonchev–Trinajstić information content (AvgIpc) is 1.98. The number of phenolic OH excluding ortho intramolecular Hbond substituents is 2. The van der Waals surface area contributed by atoms with Crippen molar-refractivity contribution in [3.05, 3.63) is 23.8 Å². The van der Waals surface area contributed by atoms with E-state index in [4.69, 9.17) is 10.2 Å². The number of hydrogen-bond acceptors (Lipinski definition) is 3. The number of rotatable bonds is 2. The molecule has 58 valence electrons. The van der Waals surface area contributed by atoms with E-state index in [9.17, 15) is 4.79 Å². The monoisotopic (exact) mass is 152 g/mol. The van der Waals surface area contributed by atoms with Crippen molar-refractivity contribution >= 4 is 6.29 Å². The summed E-state index contributed by atoms with van der Waals surface area (Å²) in [5.41, 5.74) is 0.690. The lowest BCUT2D eigenvalue weighted by Gasteiger charge is -1.98. The zero-order valence-electron chi connectivity index (χ0n) is 5.82. The third kappa shape index (κ3) is 1.70. The van der Waals surface area contributed by atoms with Crippen molar-refractivity contribution in [1.29, 1.82) is 0 Å². The first-order chi connectivity index (χ1) is 5.24. The van der Waals surface area contributed by atoms with E-state index in [0.29, 0.717) is 5.56 Å². The van der Waals surface area contributed by atoms with E-state index in [1.165, 1.54) is 12.1 Å². The first-order valence-electron chi connectivity index (χ1n) is 3.18. The maximum Gasteiger partial charge on any atom is 0.157 e. The van der Waals surface area contributed by atoms with Crippen molar-refractivity contribution in [2.75, 3.05) is 0 Å². The van der Waals surface area contributed by atoms with Crippen LogP contribution in [0.1, 0.15) is 5.56 Å². The first-order valence-corrected chi connectivity index (χ1v) is 3.18. The molecule has 0 saturated heterocycles. The molecule has 0 radical (unpaired) electrons. The van der Waals surface area contributed by atoms with Crippen molar-refractivity contribution < 1.29 is 15.0 Å². The Morgan fingerprint density at radius 1 is 1.27 bits per heavy atom. The molecule has 0 saturated carbocycles. The van der Waals surface area contributed by atoms with Crippen molar-refractivity contribution in [1.82, 2.24) is 0 Å². The zero-order chi connectivity index (χ0) is 8.27. The second kappa shape index (κ2) is 3.05. The Bertz CT molecular complexity index is 268. The predicted molar refractivity (Wildman–Crippen MR) is 39.5 cm³/mol. The largest absolute Gasteiger partial charge is 0.504 e. The summed E-state index contributed by atoms with van der Waals surface area (Å²) in [6.45, 7) is 0. The van der Waals surface area contributed by atoms with Gasteiger partial charge in [0.2, 0.25) is 0 Å². The molecule has 0 aliphatic carbocycles. The minimum atomic E-state index is -0.190. The van der Waals surface area contributed by atoms with E-state index >= 15 is 0 Å². The van der Waals surface area contributed by atoms with E-state index < -0.39 is 0 Å². The number of hydrogen-bond donors (Lipinski definition) is 2. The Balaban J connectivity index is 2.95. The molecule has 1 aromatic carbocycles. The molecule has 0 aromatic heterocycles. The lowest BCUT2D eigenvalue weighted by atomic mass is 10.1. The van der Waals surface area contributed by atoms with Gasteiger partial charge in [0.05, 0.1) is 0 Å². The van der Waals surface area contributed by atoms with Gasteiger partial charge in [-0.25, -0.2) is 0 Å². The Kier molecular flexibility index (Phi) is 2.11. The van der Waals surface area contributed by atoms with Gasteiger partial charge in [0.1, 0.15) is 6.29 Å². The van der Waals surface area contributed by atoms with E-state index in [1.54, 1.807) is 6.07 Å². The van der Waals surface area contributed by atoms with Crippen LogP contribution in [-0.2, 0) is 11.2 Å². The Morgan fingerprint density at radius 2 is 2.00 bits per heavy atom. The van der Waals surface area contributed by atoms with Gasteiger partial charge in [0, 0.05) is 6.42 Å². The Morgan fingerprint density at radius 3 is 2.55 bits per heavy atom. The van der Waals surface area contributed by atoms with Crippen molar-refractivity contribution in [2.45, 2.75) is 6.42 Å². The molecule has 3 heteroatoms. The van der Waals surface area contributed by atoms with Gasteiger partial charge in [0.25, 0.3) is 0 Å². The molecule has 0 fully saturated rings. The molecule has 0 spiro atoms. The van der Waals surface area contributed by atoms with Crippen LogP contribution in [0.15, 0.2) is 18.2 Å². The topological polar surface area (TPSA) is 57.5 Å². The number of benzene rings is 1. The van der Waals surface area contributed by atoms with Gasteiger partial charge in [-0.15, -0.1) is 0 Å². The molecule has 0 atom stereocenters.